The smallest absolute Gasteiger partial charge is 0.161 e. The van der Waals surface area contributed by atoms with E-state index in [0.717, 1.165) is 23.4 Å². The molecule has 2 aliphatic heterocycles. The highest BCUT2D eigenvalue weighted by molar-refractivity contribution is 8.14. The van der Waals surface area contributed by atoms with Gasteiger partial charge in [0.2, 0.25) is 0 Å². The highest BCUT2D eigenvalue weighted by Crippen LogP contribution is 2.23. The number of aliphatic imine (C=N–C) groups is 1. The quantitative estimate of drug-likeness (QED) is 0.919. The molecule has 3 rings (SSSR count). The lowest BCUT2D eigenvalue weighted by atomic mass is 10.1. The van der Waals surface area contributed by atoms with E-state index in [0.29, 0.717) is 0 Å². The molecule has 0 saturated carbocycles. The van der Waals surface area contributed by atoms with Crippen molar-refractivity contribution in [1.29, 1.82) is 0 Å². The number of para-hydroxylation sites is 1. The van der Waals surface area contributed by atoms with Gasteiger partial charge < -0.3 is 10.2 Å². The van der Waals surface area contributed by atoms with Crippen LogP contribution in [0.2, 0.25) is 0 Å². The fourth-order valence-corrected chi connectivity index (χ4v) is 3.56. The first-order valence-electron chi connectivity index (χ1n) is 7.06. The summed E-state index contributed by atoms with van der Waals surface area (Å²) in [6, 6.07) is 8.42. The maximum atomic E-state index is 4.60. The van der Waals surface area contributed by atoms with Gasteiger partial charge in [-0.25, -0.2) is 0 Å². The first-order valence-corrected chi connectivity index (χ1v) is 8.04. The number of benzene rings is 1. The second kappa shape index (κ2) is 5.97. The van der Waals surface area contributed by atoms with Gasteiger partial charge in [-0.1, -0.05) is 36.9 Å². The molecular formula is C15H21N3S. The summed E-state index contributed by atoms with van der Waals surface area (Å²) in [7, 11) is 0. The van der Waals surface area contributed by atoms with Crippen LogP contribution in [0.5, 0.6) is 0 Å². The third kappa shape index (κ3) is 3.31. The molecule has 4 heteroatoms. The Morgan fingerprint density at radius 2 is 2.32 bits per heavy atom. The molecule has 1 aromatic rings. The Hall–Kier alpha value is -1.00. The fourth-order valence-electron chi connectivity index (χ4n) is 2.67. The summed E-state index contributed by atoms with van der Waals surface area (Å²) in [5.74, 6) is 2.00. The van der Waals surface area contributed by atoms with Gasteiger partial charge in [0.1, 0.15) is 0 Å². The lowest BCUT2D eigenvalue weighted by molar-refractivity contribution is 0.349. The molecule has 1 atom stereocenters. The van der Waals surface area contributed by atoms with Crippen LogP contribution >= 0.6 is 11.8 Å². The normalized spacial score (nSPS) is 22.8. The first-order chi connectivity index (χ1) is 9.31. The van der Waals surface area contributed by atoms with Crippen molar-refractivity contribution in [3.63, 3.8) is 0 Å². The Labute approximate surface area is 119 Å². The van der Waals surface area contributed by atoms with Crippen LogP contribution in [-0.4, -0.2) is 35.5 Å². The second-order valence-electron chi connectivity index (χ2n) is 5.45. The Morgan fingerprint density at radius 3 is 3.16 bits per heavy atom. The second-order valence-corrected chi connectivity index (χ2v) is 6.53. The maximum absolute atomic E-state index is 4.60. The van der Waals surface area contributed by atoms with Crippen molar-refractivity contribution in [3.8, 4) is 0 Å². The van der Waals surface area contributed by atoms with E-state index in [1.54, 1.807) is 0 Å². The Kier molecular flexibility index (Phi) is 4.09. The van der Waals surface area contributed by atoms with Gasteiger partial charge in [-0.3, -0.25) is 4.99 Å². The van der Waals surface area contributed by atoms with E-state index >= 15 is 0 Å². The Bertz CT molecular complexity index is 472. The fraction of sp³-hybridized carbons (Fsp3) is 0.533. The molecule has 1 fully saturated rings. The summed E-state index contributed by atoms with van der Waals surface area (Å²) in [6.07, 6.45) is 1.36. The van der Waals surface area contributed by atoms with Crippen molar-refractivity contribution in [2.24, 2.45) is 10.9 Å². The van der Waals surface area contributed by atoms with E-state index in [1.807, 2.05) is 11.8 Å². The molecule has 1 unspecified atom stereocenters. The number of nitrogens with zero attached hydrogens (tertiary/aromatic N) is 2. The number of anilines is 1. The molecule has 0 aromatic heterocycles. The number of rotatable bonds is 3. The number of nitrogens with one attached hydrogen (secondary N) is 1. The molecule has 1 N–H and O–H groups in total. The van der Waals surface area contributed by atoms with E-state index in [-0.39, 0.29) is 0 Å². The van der Waals surface area contributed by atoms with Crippen LogP contribution in [0.4, 0.5) is 5.69 Å². The summed E-state index contributed by atoms with van der Waals surface area (Å²) >= 11 is 1.85. The third-order valence-corrected chi connectivity index (χ3v) is 4.70. The van der Waals surface area contributed by atoms with Crippen LogP contribution in [-0.2, 0) is 6.54 Å². The van der Waals surface area contributed by atoms with Crippen LogP contribution in [0.15, 0.2) is 29.3 Å². The van der Waals surface area contributed by atoms with E-state index < -0.39 is 0 Å². The van der Waals surface area contributed by atoms with Crippen LogP contribution in [0.1, 0.15) is 18.9 Å². The van der Waals surface area contributed by atoms with Gasteiger partial charge in [0, 0.05) is 24.5 Å². The lowest BCUT2D eigenvalue weighted by Gasteiger charge is -2.19. The molecule has 1 aromatic carbocycles. The minimum Gasteiger partial charge on any atom is -0.335 e. The van der Waals surface area contributed by atoms with Gasteiger partial charge in [-0.2, -0.15) is 0 Å². The molecule has 0 aliphatic carbocycles. The van der Waals surface area contributed by atoms with Crippen LogP contribution < -0.4 is 5.32 Å². The van der Waals surface area contributed by atoms with Crippen LogP contribution in [0, 0.1) is 5.92 Å². The minimum atomic E-state index is 0.812. The van der Waals surface area contributed by atoms with Crippen LogP contribution in [0.3, 0.4) is 0 Å². The summed E-state index contributed by atoms with van der Waals surface area (Å²) in [5, 5.41) is 4.50. The zero-order valence-corrected chi connectivity index (χ0v) is 12.2. The van der Waals surface area contributed by atoms with Crippen molar-refractivity contribution < 1.29 is 0 Å². The van der Waals surface area contributed by atoms with E-state index in [9.17, 15) is 0 Å². The summed E-state index contributed by atoms with van der Waals surface area (Å²) in [4.78, 5) is 7.16. The number of likely N-dealkylation sites (tertiary alicyclic amines) is 1. The SMILES string of the molecule is CC1CCN(CCSC2=NCc3ccccc3N2)C1. The predicted molar refractivity (Wildman–Crippen MR) is 83.9 cm³/mol. The lowest BCUT2D eigenvalue weighted by Crippen LogP contribution is -2.24. The molecule has 0 bridgehead atoms. The minimum absolute atomic E-state index is 0.812. The molecule has 1 saturated heterocycles. The van der Waals surface area contributed by atoms with Crippen molar-refractivity contribution in [2.45, 2.75) is 19.9 Å². The molecule has 0 radical (unpaired) electrons. The molecule has 102 valence electrons. The van der Waals surface area contributed by atoms with E-state index in [2.05, 4.69) is 46.4 Å². The van der Waals surface area contributed by atoms with Gasteiger partial charge in [-0.05, 0) is 30.5 Å². The average Bonchev–Trinajstić information content (AvgIpc) is 2.84. The van der Waals surface area contributed by atoms with Crippen molar-refractivity contribution in [3.05, 3.63) is 29.8 Å². The zero-order chi connectivity index (χ0) is 13.1. The highest BCUT2D eigenvalue weighted by atomic mass is 32.2. The number of fused-ring (bicyclic) bond motifs is 1. The highest BCUT2D eigenvalue weighted by Gasteiger charge is 2.18. The van der Waals surface area contributed by atoms with Gasteiger partial charge >= 0.3 is 0 Å². The zero-order valence-electron chi connectivity index (χ0n) is 11.4. The molecule has 3 nitrogen and oxygen atoms in total. The molecule has 2 heterocycles. The van der Waals surface area contributed by atoms with Gasteiger partial charge in [0.15, 0.2) is 5.17 Å². The predicted octanol–water partition coefficient (Wildman–Crippen LogP) is 3.04. The standard InChI is InChI=1S/C15H21N3S/c1-12-6-7-18(11-12)8-9-19-15-16-10-13-4-2-3-5-14(13)17-15/h2-5,12H,6-11H2,1H3,(H,16,17). The molecule has 0 spiro atoms. The Morgan fingerprint density at radius 1 is 1.42 bits per heavy atom. The largest absolute Gasteiger partial charge is 0.335 e. The van der Waals surface area contributed by atoms with Crippen LogP contribution in [0.25, 0.3) is 0 Å². The number of hydrogen-bond acceptors (Lipinski definition) is 4. The van der Waals surface area contributed by atoms with Gasteiger partial charge in [-0.15, -0.1) is 0 Å². The summed E-state index contributed by atoms with van der Waals surface area (Å²) in [6.45, 7) is 6.87. The monoisotopic (exact) mass is 275 g/mol. The Balaban J connectivity index is 1.46. The topological polar surface area (TPSA) is 27.6 Å². The summed E-state index contributed by atoms with van der Waals surface area (Å²) < 4.78 is 0. The molecule has 2 aliphatic rings. The van der Waals surface area contributed by atoms with Gasteiger partial charge in [0.05, 0.1) is 6.54 Å². The third-order valence-electron chi connectivity index (χ3n) is 3.81. The van der Waals surface area contributed by atoms with Crippen molar-refractivity contribution in [1.82, 2.24) is 4.90 Å². The molecular weight excluding hydrogens is 254 g/mol. The first kappa shape index (κ1) is 13.0. The maximum Gasteiger partial charge on any atom is 0.161 e. The number of thioether (sulfide) groups is 1. The molecule has 0 amide bonds. The van der Waals surface area contributed by atoms with Crippen molar-refractivity contribution >= 4 is 22.6 Å². The average molecular weight is 275 g/mol. The summed E-state index contributed by atoms with van der Waals surface area (Å²) in [5.41, 5.74) is 2.51. The van der Waals surface area contributed by atoms with Gasteiger partial charge in [0.25, 0.3) is 0 Å². The van der Waals surface area contributed by atoms with E-state index in [4.69, 9.17) is 0 Å². The number of amidine groups is 1. The number of hydrogen-bond donors (Lipinski definition) is 1. The van der Waals surface area contributed by atoms with E-state index in [1.165, 1.54) is 37.3 Å². The molecule has 19 heavy (non-hydrogen) atoms. The van der Waals surface area contributed by atoms with Crippen molar-refractivity contribution in [2.75, 3.05) is 30.7 Å².